The van der Waals surface area contributed by atoms with E-state index < -0.39 is 0 Å². The van der Waals surface area contributed by atoms with Crippen LogP contribution in [0, 0.1) is 12.8 Å². The Labute approximate surface area is 118 Å². The maximum absolute atomic E-state index is 5.61. The molecule has 1 aromatic rings. The van der Waals surface area contributed by atoms with Gasteiger partial charge in [-0.1, -0.05) is 55.9 Å². The smallest absolute Gasteiger partial charge is 0.00741 e. The Bertz CT molecular complexity index is 377. The zero-order valence-electron chi connectivity index (χ0n) is 12.5. The predicted molar refractivity (Wildman–Crippen MR) is 83.5 cm³/mol. The van der Waals surface area contributed by atoms with Crippen LogP contribution in [0.1, 0.15) is 61.6 Å². The largest absolute Gasteiger partial charge is 0.330 e. The van der Waals surface area contributed by atoms with Crippen LogP contribution in [0.5, 0.6) is 0 Å². The van der Waals surface area contributed by atoms with E-state index in [9.17, 15) is 0 Å². The van der Waals surface area contributed by atoms with Gasteiger partial charge in [0.2, 0.25) is 0 Å². The molecule has 0 atom stereocenters. The summed E-state index contributed by atoms with van der Waals surface area (Å²) in [4.78, 5) is 0. The minimum Gasteiger partial charge on any atom is -0.330 e. The molecule has 1 nitrogen and oxygen atoms in total. The predicted octanol–water partition coefficient (Wildman–Crippen LogP) is 4.40. The second-order valence-corrected chi connectivity index (χ2v) is 6.26. The maximum atomic E-state index is 5.61. The number of nitrogens with two attached hydrogens (primary N) is 1. The summed E-state index contributed by atoms with van der Waals surface area (Å²) < 4.78 is 0. The standard InChI is InChI=1S/C18H29N/c1-15-12-17(8-5-11-19)14-18(13-15)10-9-16-6-3-2-4-7-16/h12-14,16H,2-11,19H2,1H3. The van der Waals surface area contributed by atoms with E-state index >= 15 is 0 Å². The van der Waals surface area contributed by atoms with E-state index in [-0.39, 0.29) is 0 Å². The fraction of sp³-hybridized carbons (Fsp3) is 0.667. The van der Waals surface area contributed by atoms with Gasteiger partial charge in [-0.15, -0.1) is 0 Å². The van der Waals surface area contributed by atoms with Crippen LogP contribution in [0.15, 0.2) is 18.2 Å². The highest BCUT2D eigenvalue weighted by atomic mass is 14.5. The second kappa shape index (κ2) is 7.69. The molecule has 0 spiro atoms. The Balaban J connectivity index is 1.89. The van der Waals surface area contributed by atoms with Crippen LogP contribution in [-0.4, -0.2) is 6.54 Å². The molecule has 1 saturated carbocycles. The van der Waals surface area contributed by atoms with Gasteiger partial charge in [0, 0.05) is 0 Å². The number of hydrogen-bond donors (Lipinski definition) is 1. The van der Waals surface area contributed by atoms with Crippen molar-refractivity contribution in [3.8, 4) is 0 Å². The molecule has 19 heavy (non-hydrogen) atoms. The van der Waals surface area contributed by atoms with Crippen molar-refractivity contribution < 1.29 is 0 Å². The summed E-state index contributed by atoms with van der Waals surface area (Å²) in [6, 6.07) is 7.10. The summed E-state index contributed by atoms with van der Waals surface area (Å²) >= 11 is 0. The lowest BCUT2D eigenvalue weighted by Crippen LogP contribution is -2.07. The van der Waals surface area contributed by atoms with Gasteiger partial charge in [0.1, 0.15) is 0 Å². The number of benzene rings is 1. The molecular formula is C18H29N. The number of rotatable bonds is 6. The summed E-state index contributed by atoms with van der Waals surface area (Å²) in [5.41, 5.74) is 10.0. The van der Waals surface area contributed by atoms with E-state index in [2.05, 4.69) is 25.1 Å². The zero-order chi connectivity index (χ0) is 13.5. The molecule has 1 aliphatic rings. The molecule has 1 heteroatoms. The van der Waals surface area contributed by atoms with E-state index in [1.165, 1.54) is 61.6 Å². The lowest BCUT2D eigenvalue weighted by Gasteiger charge is -2.21. The number of hydrogen-bond acceptors (Lipinski definition) is 1. The Morgan fingerprint density at radius 2 is 1.68 bits per heavy atom. The summed E-state index contributed by atoms with van der Waals surface area (Å²) in [5, 5.41) is 0. The summed E-state index contributed by atoms with van der Waals surface area (Å²) in [7, 11) is 0. The van der Waals surface area contributed by atoms with Crippen molar-refractivity contribution in [2.45, 2.75) is 64.7 Å². The molecule has 1 aromatic carbocycles. The van der Waals surface area contributed by atoms with Crippen molar-refractivity contribution in [2.24, 2.45) is 11.7 Å². The average Bonchev–Trinajstić information content (AvgIpc) is 2.43. The van der Waals surface area contributed by atoms with Crippen LogP contribution in [0.2, 0.25) is 0 Å². The highest BCUT2D eigenvalue weighted by Gasteiger charge is 2.13. The van der Waals surface area contributed by atoms with Crippen LogP contribution >= 0.6 is 0 Å². The van der Waals surface area contributed by atoms with Gasteiger partial charge in [-0.25, -0.2) is 0 Å². The molecule has 0 bridgehead atoms. The lowest BCUT2D eigenvalue weighted by molar-refractivity contribution is 0.339. The van der Waals surface area contributed by atoms with Crippen molar-refractivity contribution in [1.29, 1.82) is 0 Å². The zero-order valence-corrected chi connectivity index (χ0v) is 12.5. The summed E-state index contributed by atoms with van der Waals surface area (Å²) in [6.45, 7) is 3.02. The molecule has 0 saturated heterocycles. The number of aryl methyl sites for hydroxylation is 3. The minimum absolute atomic E-state index is 0.797. The third-order valence-electron chi connectivity index (χ3n) is 4.43. The van der Waals surface area contributed by atoms with Gasteiger partial charge in [0.25, 0.3) is 0 Å². The van der Waals surface area contributed by atoms with Gasteiger partial charge in [-0.3, -0.25) is 0 Å². The highest BCUT2D eigenvalue weighted by molar-refractivity contribution is 5.29. The first-order valence-corrected chi connectivity index (χ1v) is 8.07. The molecule has 106 valence electrons. The SMILES string of the molecule is Cc1cc(CCCN)cc(CCC2CCCCC2)c1. The Hall–Kier alpha value is -0.820. The molecule has 1 fully saturated rings. The van der Waals surface area contributed by atoms with E-state index in [1.807, 2.05) is 0 Å². The molecule has 0 radical (unpaired) electrons. The minimum atomic E-state index is 0.797. The topological polar surface area (TPSA) is 26.0 Å². The first kappa shape index (κ1) is 14.6. The van der Waals surface area contributed by atoms with Gasteiger partial charge in [-0.05, 0) is 56.2 Å². The fourth-order valence-corrected chi connectivity index (χ4v) is 3.39. The molecule has 0 amide bonds. The quantitative estimate of drug-likeness (QED) is 0.805. The van der Waals surface area contributed by atoms with Crippen molar-refractivity contribution in [3.63, 3.8) is 0 Å². The van der Waals surface area contributed by atoms with Crippen molar-refractivity contribution in [2.75, 3.05) is 6.54 Å². The summed E-state index contributed by atoms with van der Waals surface area (Å²) in [5.74, 6) is 0.988. The third kappa shape index (κ3) is 4.99. The van der Waals surface area contributed by atoms with E-state index in [0.717, 1.165) is 25.3 Å². The van der Waals surface area contributed by atoms with Gasteiger partial charge in [0.05, 0.1) is 0 Å². The first-order chi connectivity index (χ1) is 9.28. The van der Waals surface area contributed by atoms with E-state index in [4.69, 9.17) is 5.73 Å². The third-order valence-corrected chi connectivity index (χ3v) is 4.43. The fourth-order valence-electron chi connectivity index (χ4n) is 3.39. The van der Waals surface area contributed by atoms with Crippen LogP contribution in [-0.2, 0) is 12.8 Å². The molecule has 2 rings (SSSR count). The van der Waals surface area contributed by atoms with Crippen LogP contribution < -0.4 is 5.73 Å². The first-order valence-electron chi connectivity index (χ1n) is 8.07. The monoisotopic (exact) mass is 259 g/mol. The average molecular weight is 259 g/mol. The van der Waals surface area contributed by atoms with Crippen molar-refractivity contribution >= 4 is 0 Å². The highest BCUT2D eigenvalue weighted by Crippen LogP contribution is 2.27. The molecule has 0 unspecified atom stereocenters. The normalized spacial score (nSPS) is 16.7. The molecule has 0 aromatic heterocycles. The van der Waals surface area contributed by atoms with Gasteiger partial charge in [0.15, 0.2) is 0 Å². The Morgan fingerprint density at radius 1 is 1.00 bits per heavy atom. The van der Waals surface area contributed by atoms with Gasteiger partial charge >= 0.3 is 0 Å². The van der Waals surface area contributed by atoms with Crippen LogP contribution in [0.3, 0.4) is 0 Å². The van der Waals surface area contributed by atoms with Gasteiger partial charge < -0.3 is 5.73 Å². The molecule has 0 heterocycles. The maximum Gasteiger partial charge on any atom is -0.00741 e. The molecule has 1 aliphatic carbocycles. The van der Waals surface area contributed by atoms with Crippen LogP contribution in [0.4, 0.5) is 0 Å². The lowest BCUT2D eigenvalue weighted by atomic mass is 9.85. The van der Waals surface area contributed by atoms with Crippen LogP contribution in [0.25, 0.3) is 0 Å². The van der Waals surface area contributed by atoms with Gasteiger partial charge in [-0.2, -0.15) is 0 Å². The second-order valence-electron chi connectivity index (χ2n) is 6.26. The summed E-state index contributed by atoms with van der Waals surface area (Å²) in [6.07, 6.45) is 12.2. The molecule has 0 aliphatic heterocycles. The van der Waals surface area contributed by atoms with E-state index in [0.29, 0.717) is 0 Å². The van der Waals surface area contributed by atoms with Crippen molar-refractivity contribution in [3.05, 3.63) is 34.9 Å². The molecule has 2 N–H and O–H groups in total. The Morgan fingerprint density at radius 3 is 2.37 bits per heavy atom. The molecular weight excluding hydrogens is 230 g/mol. The van der Waals surface area contributed by atoms with E-state index in [1.54, 1.807) is 0 Å². The Kier molecular flexibility index (Phi) is 5.91. The van der Waals surface area contributed by atoms with Crippen molar-refractivity contribution in [1.82, 2.24) is 0 Å².